The molecule has 2 aromatic carbocycles. The topological polar surface area (TPSA) is 93.1 Å². The molecule has 2 aromatic heterocycles. The number of Topliss-reactive ketones (excluding diaryl/α,β-unsaturated/α-hetero) is 1. The Kier molecular flexibility index (Phi) is 5.30. The monoisotopic (exact) mass is 507 g/mol. The van der Waals surface area contributed by atoms with Gasteiger partial charge in [0, 0.05) is 9.86 Å². The minimum absolute atomic E-state index is 0.0326. The largest absolute Gasteiger partial charge is 0.503 e. The molecule has 1 N–H and O–H groups in total. The number of methoxy groups -OCH3 is 1. The molecule has 0 bridgehead atoms. The number of ether oxygens (including phenoxy) is 1. The van der Waals surface area contributed by atoms with Gasteiger partial charge in [-0.2, -0.15) is 0 Å². The fourth-order valence-electron chi connectivity index (χ4n) is 4.04. The van der Waals surface area contributed by atoms with Gasteiger partial charge in [0.25, 0.3) is 5.91 Å². The molecule has 7 nitrogen and oxygen atoms in total. The summed E-state index contributed by atoms with van der Waals surface area (Å²) in [7, 11) is 1.53. The number of halogens is 1. The molecule has 1 aliphatic rings. The number of hydrogen-bond donors (Lipinski definition) is 1. The van der Waals surface area contributed by atoms with Crippen LogP contribution in [0, 0.1) is 0 Å². The zero-order valence-electron chi connectivity index (χ0n) is 17.4. The number of nitrogens with zero attached hydrogens (tertiary/aromatic N) is 1. The van der Waals surface area contributed by atoms with Gasteiger partial charge in [-0.1, -0.05) is 28.1 Å². The van der Waals surface area contributed by atoms with E-state index in [1.54, 1.807) is 54.6 Å². The molecule has 166 valence electrons. The maximum absolute atomic E-state index is 13.6. The summed E-state index contributed by atoms with van der Waals surface area (Å²) in [5.41, 5.74) is 1.08. The molecular weight excluding hydrogens is 490 g/mol. The van der Waals surface area contributed by atoms with E-state index in [2.05, 4.69) is 15.9 Å². The van der Waals surface area contributed by atoms with Crippen LogP contribution in [0.25, 0.3) is 11.0 Å². The molecular formula is C25H18BrNO6. The molecule has 0 aliphatic carbocycles. The first-order valence-electron chi connectivity index (χ1n) is 10.1. The predicted molar refractivity (Wildman–Crippen MR) is 123 cm³/mol. The lowest BCUT2D eigenvalue weighted by atomic mass is 9.94. The molecule has 8 heteroatoms. The first-order chi connectivity index (χ1) is 16.0. The minimum atomic E-state index is -0.856. The van der Waals surface area contributed by atoms with E-state index in [1.165, 1.54) is 18.3 Å². The molecule has 0 saturated carbocycles. The Morgan fingerprint density at radius 2 is 2.00 bits per heavy atom. The molecule has 3 heterocycles. The molecule has 5 rings (SSSR count). The summed E-state index contributed by atoms with van der Waals surface area (Å²) in [5, 5.41) is 11.5. The van der Waals surface area contributed by atoms with Gasteiger partial charge in [0.15, 0.2) is 11.5 Å². The van der Waals surface area contributed by atoms with Gasteiger partial charge in [0.1, 0.15) is 17.1 Å². The summed E-state index contributed by atoms with van der Waals surface area (Å²) in [6.45, 7) is 0.0711. The summed E-state index contributed by atoms with van der Waals surface area (Å²) < 4.78 is 17.3. The second-order valence-electron chi connectivity index (χ2n) is 7.58. The Hall–Kier alpha value is -3.78. The number of furan rings is 2. The van der Waals surface area contributed by atoms with Crippen molar-refractivity contribution in [2.24, 2.45) is 0 Å². The first kappa shape index (κ1) is 21.1. The molecule has 0 radical (unpaired) electrons. The number of rotatable bonds is 6. The fraction of sp³-hybridized carbons (Fsp3) is 0.120. The second-order valence-corrected chi connectivity index (χ2v) is 8.49. The zero-order valence-corrected chi connectivity index (χ0v) is 19.0. The van der Waals surface area contributed by atoms with Gasteiger partial charge in [-0.25, -0.2) is 0 Å². The third-order valence-corrected chi connectivity index (χ3v) is 6.06. The third-order valence-electron chi connectivity index (χ3n) is 5.57. The van der Waals surface area contributed by atoms with E-state index in [0.717, 1.165) is 9.86 Å². The van der Waals surface area contributed by atoms with Gasteiger partial charge >= 0.3 is 0 Å². The standard InChI is InChI=1S/C25H18BrNO6/c1-31-17-5-2-4-14(11-17)22-21(24(29)25(30)27(22)13-18-6-3-9-32-18)23(28)20-12-15-10-16(26)7-8-19(15)33-20/h2-12,22,29H,13H2,1H3. The van der Waals surface area contributed by atoms with E-state index in [9.17, 15) is 14.7 Å². The van der Waals surface area contributed by atoms with E-state index in [-0.39, 0.29) is 17.9 Å². The van der Waals surface area contributed by atoms with Crippen LogP contribution in [-0.2, 0) is 11.3 Å². The van der Waals surface area contributed by atoms with E-state index < -0.39 is 23.5 Å². The van der Waals surface area contributed by atoms with Crippen LogP contribution < -0.4 is 4.74 Å². The van der Waals surface area contributed by atoms with Crippen LogP contribution in [0.1, 0.15) is 27.9 Å². The highest BCUT2D eigenvalue weighted by atomic mass is 79.9. The van der Waals surface area contributed by atoms with Gasteiger partial charge in [-0.15, -0.1) is 0 Å². The van der Waals surface area contributed by atoms with Crippen LogP contribution in [0.15, 0.2) is 91.6 Å². The summed E-state index contributed by atoms with van der Waals surface area (Å²) in [5.74, 6) is -0.730. The number of aliphatic hydroxyl groups is 1. The molecule has 1 amide bonds. The number of aliphatic hydroxyl groups excluding tert-OH is 1. The van der Waals surface area contributed by atoms with Crippen molar-refractivity contribution >= 4 is 38.6 Å². The lowest BCUT2D eigenvalue weighted by molar-refractivity contribution is -0.130. The van der Waals surface area contributed by atoms with Crippen molar-refractivity contribution in [3.8, 4) is 5.75 Å². The molecule has 1 aliphatic heterocycles. The van der Waals surface area contributed by atoms with Crippen molar-refractivity contribution < 1.29 is 28.3 Å². The highest BCUT2D eigenvalue weighted by Gasteiger charge is 2.45. The van der Waals surface area contributed by atoms with Gasteiger partial charge in [-0.05, 0) is 54.1 Å². The van der Waals surface area contributed by atoms with Gasteiger partial charge in [0.2, 0.25) is 5.78 Å². The number of fused-ring (bicyclic) bond motifs is 1. The SMILES string of the molecule is COc1cccc(C2C(C(=O)c3cc4cc(Br)ccc4o3)=C(O)C(=O)N2Cc2ccco2)c1. The fourth-order valence-corrected chi connectivity index (χ4v) is 4.41. The summed E-state index contributed by atoms with van der Waals surface area (Å²) in [4.78, 5) is 28.1. The van der Waals surface area contributed by atoms with Crippen LogP contribution in [0.2, 0.25) is 0 Å². The van der Waals surface area contributed by atoms with Crippen LogP contribution in [0.5, 0.6) is 5.75 Å². The second kappa shape index (κ2) is 8.29. The summed E-state index contributed by atoms with van der Waals surface area (Å²) >= 11 is 3.40. The van der Waals surface area contributed by atoms with E-state index >= 15 is 0 Å². The van der Waals surface area contributed by atoms with Gasteiger partial charge < -0.3 is 23.6 Å². The van der Waals surface area contributed by atoms with Crippen LogP contribution >= 0.6 is 15.9 Å². The minimum Gasteiger partial charge on any atom is -0.503 e. The number of ketones is 1. The average Bonchev–Trinajstić information content (AvgIpc) is 3.54. The highest BCUT2D eigenvalue weighted by Crippen LogP contribution is 2.41. The lowest BCUT2D eigenvalue weighted by Gasteiger charge is -2.26. The average molecular weight is 508 g/mol. The lowest BCUT2D eigenvalue weighted by Crippen LogP contribution is -2.30. The Morgan fingerprint density at radius 3 is 2.76 bits per heavy atom. The Labute approximate surface area is 197 Å². The van der Waals surface area contributed by atoms with E-state index in [1.807, 2.05) is 6.07 Å². The van der Waals surface area contributed by atoms with Crippen molar-refractivity contribution in [3.05, 3.63) is 99.8 Å². The molecule has 4 aromatic rings. The maximum atomic E-state index is 13.6. The molecule has 0 fully saturated rings. The molecule has 0 saturated heterocycles. The number of benzene rings is 2. The van der Waals surface area contributed by atoms with E-state index in [0.29, 0.717) is 22.7 Å². The molecule has 33 heavy (non-hydrogen) atoms. The Bertz CT molecular complexity index is 1400. The number of amides is 1. The van der Waals surface area contributed by atoms with Crippen molar-refractivity contribution in [1.29, 1.82) is 0 Å². The third kappa shape index (κ3) is 3.72. The molecule has 0 spiro atoms. The number of carbonyl (C=O) groups is 2. The number of carbonyl (C=O) groups excluding carboxylic acids is 2. The van der Waals surface area contributed by atoms with Crippen molar-refractivity contribution in [1.82, 2.24) is 4.90 Å². The molecule has 1 atom stereocenters. The number of hydrogen-bond acceptors (Lipinski definition) is 6. The quantitative estimate of drug-likeness (QED) is 0.342. The Morgan fingerprint density at radius 1 is 1.15 bits per heavy atom. The van der Waals surface area contributed by atoms with Crippen LogP contribution in [0.4, 0.5) is 0 Å². The van der Waals surface area contributed by atoms with Crippen molar-refractivity contribution in [3.63, 3.8) is 0 Å². The van der Waals surface area contributed by atoms with E-state index in [4.69, 9.17) is 13.6 Å². The smallest absolute Gasteiger partial charge is 0.290 e. The maximum Gasteiger partial charge on any atom is 0.290 e. The normalized spacial score (nSPS) is 16.1. The first-order valence-corrected chi connectivity index (χ1v) is 10.9. The van der Waals surface area contributed by atoms with Crippen LogP contribution in [0.3, 0.4) is 0 Å². The summed E-state index contributed by atoms with van der Waals surface area (Å²) in [6, 6.07) is 16.6. The zero-order chi connectivity index (χ0) is 23.1. The Balaban J connectivity index is 1.61. The van der Waals surface area contributed by atoms with Crippen molar-refractivity contribution in [2.45, 2.75) is 12.6 Å². The van der Waals surface area contributed by atoms with Gasteiger partial charge in [-0.3, -0.25) is 9.59 Å². The highest BCUT2D eigenvalue weighted by molar-refractivity contribution is 9.10. The van der Waals surface area contributed by atoms with Gasteiger partial charge in [0.05, 0.1) is 31.5 Å². The summed E-state index contributed by atoms with van der Waals surface area (Å²) in [6.07, 6.45) is 1.50. The van der Waals surface area contributed by atoms with Crippen LogP contribution in [-0.4, -0.2) is 28.8 Å². The predicted octanol–water partition coefficient (Wildman–Crippen LogP) is 5.58. The molecule has 1 unspecified atom stereocenters. The van der Waals surface area contributed by atoms with Crippen molar-refractivity contribution in [2.75, 3.05) is 7.11 Å².